The van der Waals surface area contributed by atoms with Gasteiger partial charge in [-0.05, 0) is 44.1 Å². The summed E-state index contributed by atoms with van der Waals surface area (Å²) < 4.78 is 17.1. The molecule has 4 aliphatic heterocycles. The number of hydrogen-bond donors (Lipinski definition) is 3. The van der Waals surface area contributed by atoms with Crippen LogP contribution in [0.2, 0.25) is 0 Å². The van der Waals surface area contributed by atoms with Crippen LogP contribution < -0.4 is 0 Å². The second kappa shape index (κ2) is 10.1. The highest BCUT2D eigenvalue weighted by Gasteiger charge is 2.51. The van der Waals surface area contributed by atoms with Crippen molar-refractivity contribution in [3.05, 3.63) is 46.8 Å². The predicted octanol–water partition coefficient (Wildman–Crippen LogP) is 2.38. The zero-order chi connectivity index (χ0) is 24.7. The first-order valence-corrected chi connectivity index (χ1v) is 12.9. The van der Waals surface area contributed by atoms with Crippen molar-refractivity contribution >= 4 is 5.97 Å². The van der Waals surface area contributed by atoms with Crippen molar-refractivity contribution in [2.45, 2.75) is 63.6 Å². The molecule has 3 N–H and O–H groups in total. The molecule has 0 radical (unpaired) electrons. The van der Waals surface area contributed by atoms with E-state index < -0.39 is 24.6 Å². The molecule has 0 bridgehead atoms. The lowest BCUT2D eigenvalue weighted by Crippen LogP contribution is -2.56. The number of cyclic esters (lactones) is 1. The maximum Gasteiger partial charge on any atom is 0.345 e. The van der Waals surface area contributed by atoms with Crippen molar-refractivity contribution in [3.8, 4) is 0 Å². The maximum atomic E-state index is 12.3. The van der Waals surface area contributed by atoms with E-state index in [1.807, 2.05) is 0 Å². The van der Waals surface area contributed by atoms with Gasteiger partial charge in [-0.1, -0.05) is 25.5 Å². The highest BCUT2D eigenvalue weighted by molar-refractivity contribution is 5.94. The zero-order valence-corrected chi connectivity index (χ0v) is 20.6. The summed E-state index contributed by atoms with van der Waals surface area (Å²) in [6.45, 7) is 2.40. The Bertz CT molecular complexity index is 967. The molecule has 5 rings (SSSR count). The molecular formula is C27H37NO7. The molecule has 35 heavy (non-hydrogen) atoms. The van der Waals surface area contributed by atoms with Gasteiger partial charge in [0, 0.05) is 30.5 Å². The van der Waals surface area contributed by atoms with Crippen LogP contribution in [0.15, 0.2) is 46.8 Å². The van der Waals surface area contributed by atoms with Gasteiger partial charge < -0.3 is 29.5 Å². The van der Waals surface area contributed by atoms with Crippen molar-refractivity contribution in [1.82, 2.24) is 4.90 Å². The molecular weight excluding hydrogens is 450 g/mol. The van der Waals surface area contributed by atoms with E-state index in [1.54, 1.807) is 0 Å². The number of carbonyl (C=O) groups is 1. The fourth-order valence-electron chi connectivity index (χ4n) is 6.84. The van der Waals surface area contributed by atoms with E-state index in [-0.39, 0.29) is 47.6 Å². The molecule has 4 heterocycles. The number of aliphatic hydroxyl groups excluding tert-OH is 3. The summed E-state index contributed by atoms with van der Waals surface area (Å²) >= 11 is 0. The Morgan fingerprint density at radius 1 is 1.26 bits per heavy atom. The first-order valence-electron chi connectivity index (χ1n) is 12.9. The van der Waals surface area contributed by atoms with E-state index in [1.165, 1.54) is 7.11 Å². The number of nitrogens with zero attached hydrogens (tertiary/aromatic N) is 1. The number of allylic oxidation sites excluding steroid dienone is 1. The van der Waals surface area contributed by atoms with Crippen LogP contribution in [-0.2, 0) is 19.0 Å². The minimum absolute atomic E-state index is 0.0496. The van der Waals surface area contributed by atoms with Gasteiger partial charge in [0.15, 0.2) is 11.5 Å². The Kier molecular flexibility index (Phi) is 7.08. The van der Waals surface area contributed by atoms with Gasteiger partial charge in [0.05, 0.1) is 32.3 Å². The van der Waals surface area contributed by atoms with Gasteiger partial charge in [-0.25, -0.2) is 4.79 Å². The SMILES string of the molecule is COC1=C(CO)C(=O)OC1=C1OC2=CCCN3C(C(O)C4C=CCC(C)C4)CCCC3C2C1CO. The number of esters is 1. The molecule has 0 spiro atoms. The van der Waals surface area contributed by atoms with E-state index in [9.17, 15) is 20.1 Å². The van der Waals surface area contributed by atoms with Gasteiger partial charge in [-0.15, -0.1) is 0 Å². The van der Waals surface area contributed by atoms with E-state index >= 15 is 0 Å². The molecule has 0 aromatic rings. The fraction of sp³-hybridized carbons (Fsp3) is 0.667. The lowest BCUT2D eigenvalue weighted by Gasteiger charge is -2.47. The topological polar surface area (TPSA) is 109 Å². The van der Waals surface area contributed by atoms with Crippen LogP contribution in [0.3, 0.4) is 0 Å². The molecule has 2 fully saturated rings. The Hall–Kier alpha value is -2.13. The minimum atomic E-state index is -0.662. The average molecular weight is 488 g/mol. The second-order valence-electron chi connectivity index (χ2n) is 10.5. The van der Waals surface area contributed by atoms with Crippen LogP contribution >= 0.6 is 0 Å². The van der Waals surface area contributed by atoms with Gasteiger partial charge in [0.1, 0.15) is 11.3 Å². The molecule has 2 saturated heterocycles. The molecule has 8 nitrogen and oxygen atoms in total. The van der Waals surface area contributed by atoms with Crippen LogP contribution in [0.5, 0.6) is 0 Å². The molecule has 192 valence electrons. The first kappa shape index (κ1) is 24.6. The van der Waals surface area contributed by atoms with E-state index in [2.05, 4.69) is 30.1 Å². The van der Waals surface area contributed by atoms with Crippen molar-refractivity contribution < 1.29 is 34.3 Å². The third kappa shape index (κ3) is 4.24. The van der Waals surface area contributed by atoms with Gasteiger partial charge in [-0.2, -0.15) is 0 Å². The Morgan fingerprint density at radius 3 is 2.80 bits per heavy atom. The summed E-state index contributed by atoms with van der Waals surface area (Å²) in [5, 5.41) is 31.6. The predicted molar refractivity (Wildman–Crippen MR) is 127 cm³/mol. The van der Waals surface area contributed by atoms with Crippen LogP contribution in [0.1, 0.15) is 45.4 Å². The number of fused-ring (bicyclic) bond motifs is 3. The van der Waals surface area contributed by atoms with E-state index in [4.69, 9.17) is 14.2 Å². The van der Waals surface area contributed by atoms with Crippen molar-refractivity contribution in [2.24, 2.45) is 23.7 Å². The Morgan fingerprint density at radius 2 is 2.09 bits per heavy atom. The number of aliphatic hydroxyl groups is 3. The summed E-state index contributed by atoms with van der Waals surface area (Å²) in [7, 11) is 1.42. The number of carbonyl (C=O) groups excluding carboxylic acids is 1. The lowest BCUT2D eigenvalue weighted by molar-refractivity contribution is -0.134. The highest BCUT2D eigenvalue weighted by Crippen LogP contribution is 2.49. The molecule has 7 unspecified atom stereocenters. The largest absolute Gasteiger partial charge is 0.492 e. The Labute approximate surface area is 206 Å². The number of piperidine rings is 1. The van der Waals surface area contributed by atoms with Crippen LogP contribution in [-0.4, -0.2) is 71.2 Å². The zero-order valence-electron chi connectivity index (χ0n) is 20.6. The average Bonchev–Trinajstić information content (AvgIpc) is 3.33. The standard InChI is InChI=1S/C27H37NO7/c1-15-6-3-7-16(12-15)23(31)20-9-4-8-19-22-17(13-29)25(34-21(22)10-5-11-28(19)20)26-24(33-2)18(14-30)27(32)35-26/h3,7,10,15-17,19-20,22-23,29-31H,4-6,8-9,11-14H2,1-2H3. The molecule has 8 heteroatoms. The Balaban J connectivity index is 1.46. The third-order valence-corrected chi connectivity index (χ3v) is 8.46. The third-order valence-electron chi connectivity index (χ3n) is 8.46. The molecule has 7 atom stereocenters. The lowest BCUT2D eigenvalue weighted by atomic mass is 9.76. The molecule has 0 saturated carbocycles. The monoisotopic (exact) mass is 487 g/mol. The summed E-state index contributed by atoms with van der Waals surface area (Å²) in [5.41, 5.74) is 0.0496. The molecule has 5 aliphatic rings. The maximum absolute atomic E-state index is 12.3. The number of hydrogen-bond acceptors (Lipinski definition) is 8. The summed E-state index contributed by atoms with van der Waals surface area (Å²) in [4.78, 5) is 14.7. The number of ether oxygens (including phenoxy) is 3. The van der Waals surface area contributed by atoms with Gasteiger partial charge in [-0.3, -0.25) is 4.90 Å². The van der Waals surface area contributed by atoms with Crippen molar-refractivity contribution in [1.29, 1.82) is 0 Å². The van der Waals surface area contributed by atoms with Crippen molar-refractivity contribution in [3.63, 3.8) is 0 Å². The van der Waals surface area contributed by atoms with Crippen molar-refractivity contribution in [2.75, 3.05) is 26.9 Å². The van der Waals surface area contributed by atoms with E-state index in [0.717, 1.165) is 50.8 Å². The van der Waals surface area contributed by atoms with Gasteiger partial charge in [0.25, 0.3) is 0 Å². The smallest absolute Gasteiger partial charge is 0.345 e. The summed E-state index contributed by atoms with van der Waals surface area (Å²) in [6, 6.07) is 0.152. The molecule has 0 aromatic carbocycles. The fourth-order valence-corrected chi connectivity index (χ4v) is 6.84. The van der Waals surface area contributed by atoms with Gasteiger partial charge >= 0.3 is 5.97 Å². The highest BCUT2D eigenvalue weighted by atomic mass is 16.6. The van der Waals surface area contributed by atoms with Crippen LogP contribution in [0.4, 0.5) is 0 Å². The molecule has 1 aliphatic carbocycles. The minimum Gasteiger partial charge on any atom is -0.492 e. The first-order chi connectivity index (χ1) is 17.0. The molecule has 0 amide bonds. The van der Waals surface area contributed by atoms with Gasteiger partial charge in [0.2, 0.25) is 5.76 Å². The molecule has 0 aromatic heterocycles. The normalized spacial score (nSPS) is 38.3. The van der Waals surface area contributed by atoms with Crippen LogP contribution in [0.25, 0.3) is 0 Å². The quantitative estimate of drug-likeness (QED) is 0.401. The number of rotatable bonds is 5. The number of methoxy groups -OCH3 is 1. The summed E-state index contributed by atoms with van der Waals surface area (Å²) in [5.74, 6) is 1.02. The van der Waals surface area contributed by atoms with E-state index in [0.29, 0.717) is 11.7 Å². The summed E-state index contributed by atoms with van der Waals surface area (Å²) in [6.07, 6.45) is 11.8. The second-order valence-corrected chi connectivity index (χ2v) is 10.5. The van der Waals surface area contributed by atoms with Crippen LogP contribution in [0, 0.1) is 23.7 Å².